The highest BCUT2D eigenvalue weighted by molar-refractivity contribution is 6.22. The number of carbonyl (C=O) groups is 4. The molecule has 0 bridgehead atoms. The average molecular weight is 681 g/mol. The summed E-state index contributed by atoms with van der Waals surface area (Å²) in [6.07, 6.45) is 1.11. The number of hydrogen-bond acceptors (Lipinski definition) is 8. The number of carboxylic acids is 1. The Hall–Kier alpha value is -5.68. The number of alkyl carbamates (subject to hydrolysis) is 1. The van der Waals surface area contributed by atoms with E-state index in [1.807, 2.05) is 78.9 Å². The van der Waals surface area contributed by atoms with Crippen molar-refractivity contribution in [2.75, 3.05) is 27.4 Å². The molecular weight excluding hydrogens is 640 g/mol. The van der Waals surface area contributed by atoms with Crippen LogP contribution in [-0.4, -0.2) is 67.5 Å². The summed E-state index contributed by atoms with van der Waals surface area (Å²) >= 11 is 0. The lowest BCUT2D eigenvalue weighted by molar-refractivity contribution is 0.00742. The maximum atomic E-state index is 12.9. The monoisotopic (exact) mass is 680 g/mol. The van der Waals surface area contributed by atoms with E-state index in [1.54, 1.807) is 14.2 Å². The van der Waals surface area contributed by atoms with Crippen LogP contribution in [0.3, 0.4) is 0 Å². The fraction of sp³-hybridized carbons (Fsp3) is 0.282. The van der Waals surface area contributed by atoms with Crippen LogP contribution in [0.1, 0.15) is 80.4 Å². The molecule has 4 aromatic rings. The first-order valence-corrected chi connectivity index (χ1v) is 16.4. The Labute approximate surface area is 290 Å². The molecule has 2 N–H and O–H groups in total. The lowest BCUT2D eigenvalue weighted by Gasteiger charge is -2.37. The summed E-state index contributed by atoms with van der Waals surface area (Å²) in [4.78, 5) is 50.3. The predicted molar refractivity (Wildman–Crippen MR) is 185 cm³/mol. The van der Waals surface area contributed by atoms with E-state index < -0.39 is 35.6 Å². The molecule has 1 aliphatic rings. The van der Waals surface area contributed by atoms with Crippen LogP contribution in [0.25, 0.3) is 0 Å². The van der Waals surface area contributed by atoms with Crippen molar-refractivity contribution < 1.29 is 43.2 Å². The lowest BCUT2D eigenvalue weighted by Crippen LogP contribution is -2.49. The molecule has 4 aromatic carbocycles. The molecule has 0 aromatic heterocycles. The number of para-hydroxylation sites is 2. The van der Waals surface area contributed by atoms with Gasteiger partial charge in [0, 0.05) is 17.7 Å². The number of aromatic carboxylic acids is 1. The number of nitrogens with one attached hydrogen (secondary N) is 1. The van der Waals surface area contributed by atoms with E-state index >= 15 is 0 Å². The van der Waals surface area contributed by atoms with Gasteiger partial charge in [0.2, 0.25) is 0 Å². The maximum absolute atomic E-state index is 12.9. The molecule has 0 saturated heterocycles. The van der Waals surface area contributed by atoms with Gasteiger partial charge in [0.1, 0.15) is 17.7 Å². The van der Waals surface area contributed by atoms with Crippen LogP contribution >= 0.6 is 0 Å². The summed E-state index contributed by atoms with van der Waals surface area (Å²) in [7, 11) is 3.28. The molecule has 50 heavy (non-hydrogen) atoms. The van der Waals surface area contributed by atoms with E-state index in [0.717, 1.165) is 46.9 Å². The molecule has 0 spiro atoms. The van der Waals surface area contributed by atoms with E-state index in [-0.39, 0.29) is 23.3 Å². The first-order valence-electron chi connectivity index (χ1n) is 16.4. The van der Waals surface area contributed by atoms with Crippen molar-refractivity contribution in [1.29, 1.82) is 0 Å². The molecule has 0 radical (unpaired) electrons. The Morgan fingerprint density at radius 1 is 0.740 bits per heavy atom. The number of hydrogen-bond donors (Lipinski definition) is 2. The highest BCUT2D eigenvalue weighted by Gasteiger charge is 2.42. The molecule has 1 unspecified atom stereocenters. The molecule has 0 saturated carbocycles. The van der Waals surface area contributed by atoms with Gasteiger partial charge in [-0.2, -0.15) is 0 Å². The van der Waals surface area contributed by atoms with Gasteiger partial charge in [-0.3, -0.25) is 14.5 Å². The Morgan fingerprint density at radius 3 is 1.90 bits per heavy atom. The van der Waals surface area contributed by atoms with E-state index in [4.69, 9.17) is 18.9 Å². The standard InChI is InChI=1S/C39H40N2O9/c1-26(41-35(42)29-22-21-27(37(44)45)25-30(29)36(41)43)40-38(46)49-23-13-4-5-14-24-50-39(28-15-7-6-8-16-28,31-17-9-11-19-33(31)47-2)32-18-10-12-20-34(32)48-3/h6-12,15-22,25-26H,4-5,13-14,23-24H2,1-3H3,(H,40,46)(H,44,45). The highest BCUT2D eigenvalue weighted by Crippen LogP contribution is 2.47. The number of carbonyl (C=O) groups excluding carboxylic acids is 3. The van der Waals surface area contributed by atoms with Gasteiger partial charge in [-0.05, 0) is 62.1 Å². The van der Waals surface area contributed by atoms with Crippen LogP contribution in [0.5, 0.6) is 11.5 Å². The van der Waals surface area contributed by atoms with E-state index in [1.165, 1.54) is 19.1 Å². The highest BCUT2D eigenvalue weighted by atomic mass is 16.5. The van der Waals surface area contributed by atoms with Gasteiger partial charge < -0.3 is 29.4 Å². The summed E-state index contributed by atoms with van der Waals surface area (Å²) < 4.78 is 23.9. The molecule has 3 amide bonds. The van der Waals surface area contributed by atoms with Crippen molar-refractivity contribution in [1.82, 2.24) is 10.2 Å². The number of unbranched alkanes of at least 4 members (excludes halogenated alkanes) is 3. The number of amides is 3. The molecule has 1 atom stereocenters. The van der Waals surface area contributed by atoms with Crippen LogP contribution in [0, 0.1) is 0 Å². The van der Waals surface area contributed by atoms with Gasteiger partial charge in [-0.1, -0.05) is 73.2 Å². The fourth-order valence-electron chi connectivity index (χ4n) is 6.21. The maximum Gasteiger partial charge on any atom is 0.408 e. The largest absolute Gasteiger partial charge is 0.496 e. The van der Waals surface area contributed by atoms with Gasteiger partial charge in [0.25, 0.3) is 11.8 Å². The summed E-state index contributed by atoms with van der Waals surface area (Å²) in [6, 6.07) is 29.3. The van der Waals surface area contributed by atoms with Gasteiger partial charge in [-0.25, -0.2) is 9.59 Å². The van der Waals surface area contributed by atoms with E-state index in [2.05, 4.69) is 5.32 Å². The Kier molecular flexibility index (Phi) is 11.5. The molecule has 11 nitrogen and oxygen atoms in total. The van der Waals surface area contributed by atoms with Crippen molar-refractivity contribution in [3.63, 3.8) is 0 Å². The third kappa shape index (κ3) is 7.32. The minimum Gasteiger partial charge on any atom is -0.496 e. The number of benzene rings is 4. The van der Waals surface area contributed by atoms with Gasteiger partial charge in [-0.15, -0.1) is 0 Å². The molecule has 260 valence electrons. The van der Waals surface area contributed by atoms with Crippen LogP contribution in [0.2, 0.25) is 0 Å². The predicted octanol–water partition coefficient (Wildman–Crippen LogP) is 6.64. The number of imide groups is 1. The van der Waals surface area contributed by atoms with E-state index in [9.17, 15) is 24.3 Å². The van der Waals surface area contributed by atoms with Gasteiger partial charge >= 0.3 is 12.1 Å². The topological polar surface area (TPSA) is 141 Å². The molecule has 1 aliphatic heterocycles. The zero-order valence-electron chi connectivity index (χ0n) is 28.2. The molecule has 5 rings (SSSR count). The smallest absolute Gasteiger partial charge is 0.408 e. The molecule has 1 heterocycles. The number of fused-ring (bicyclic) bond motifs is 1. The summed E-state index contributed by atoms with van der Waals surface area (Å²) in [5.74, 6) is -1.15. The first kappa shape index (κ1) is 35.6. The van der Waals surface area contributed by atoms with Crippen LogP contribution in [-0.2, 0) is 15.1 Å². The number of rotatable bonds is 16. The van der Waals surface area contributed by atoms with Gasteiger partial charge in [0.15, 0.2) is 5.60 Å². The van der Waals surface area contributed by atoms with Crippen molar-refractivity contribution in [3.05, 3.63) is 130 Å². The SMILES string of the molecule is COc1ccccc1C(OCCCCCCOC(=O)NC(C)N1C(=O)c2ccc(C(=O)O)cc2C1=O)(c1ccccc1)c1ccccc1OC. The van der Waals surface area contributed by atoms with Crippen molar-refractivity contribution in [2.45, 2.75) is 44.4 Å². The quantitative estimate of drug-likeness (QED) is 0.0757. The second-order valence-corrected chi connectivity index (χ2v) is 11.7. The minimum atomic E-state index is -1.21. The number of ether oxygens (including phenoxy) is 4. The number of methoxy groups -OCH3 is 2. The second kappa shape index (κ2) is 16.1. The minimum absolute atomic E-state index is 0.0206. The number of carboxylic acid groups (broad SMARTS) is 1. The zero-order chi connectivity index (χ0) is 35.7. The Balaban J connectivity index is 1.16. The van der Waals surface area contributed by atoms with Crippen LogP contribution < -0.4 is 14.8 Å². The van der Waals surface area contributed by atoms with Crippen LogP contribution in [0.15, 0.2) is 97.1 Å². The first-order chi connectivity index (χ1) is 24.2. The van der Waals surface area contributed by atoms with Crippen molar-refractivity contribution in [2.24, 2.45) is 0 Å². The summed E-state index contributed by atoms with van der Waals surface area (Å²) in [6.45, 7) is 2.03. The summed E-state index contributed by atoms with van der Waals surface area (Å²) in [5, 5.41) is 11.7. The number of nitrogens with zero attached hydrogens (tertiary/aromatic N) is 1. The molecule has 11 heteroatoms. The molecule has 0 aliphatic carbocycles. The molecular formula is C39H40N2O9. The van der Waals surface area contributed by atoms with E-state index in [0.29, 0.717) is 24.5 Å². The van der Waals surface area contributed by atoms with Crippen molar-refractivity contribution >= 4 is 23.9 Å². The van der Waals surface area contributed by atoms with Crippen LogP contribution in [0.4, 0.5) is 4.79 Å². The normalized spacial score (nSPS) is 13.1. The third-order valence-corrected chi connectivity index (χ3v) is 8.62. The second-order valence-electron chi connectivity index (χ2n) is 11.7. The lowest BCUT2D eigenvalue weighted by atomic mass is 9.79. The Morgan fingerprint density at radius 2 is 1.30 bits per heavy atom. The zero-order valence-corrected chi connectivity index (χ0v) is 28.2. The average Bonchev–Trinajstić information content (AvgIpc) is 3.39. The Bertz CT molecular complexity index is 1800. The fourth-order valence-corrected chi connectivity index (χ4v) is 6.21. The summed E-state index contributed by atoms with van der Waals surface area (Å²) in [5.41, 5.74) is 1.54. The molecule has 0 fully saturated rings. The van der Waals surface area contributed by atoms with Gasteiger partial charge in [0.05, 0.1) is 37.5 Å². The van der Waals surface area contributed by atoms with Crippen molar-refractivity contribution in [3.8, 4) is 11.5 Å². The third-order valence-electron chi connectivity index (χ3n) is 8.62.